The summed E-state index contributed by atoms with van der Waals surface area (Å²) in [4.78, 5) is 35.4. The normalized spacial score (nSPS) is 20.4. The van der Waals surface area contributed by atoms with Gasteiger partial charge in [0.05, 0.1) is 10.9 Å². The molecule has 2 atom stereocenters. The topological polar surface area (TPSA) is 126 Å². The van der Waals surface area contributed by atoms with Gasteiger partial charge in [0.15, 0.2) is 0 Å². The Hall–Kier alpha value is -4.66. The number of likely N-dealkylation sites (tertiary alicyclic amines) is 1. The molecule has 9 heteroatoms. The lowest BCUT2D eigenvalue weighted by molar-refractivity contribution is -0.125. The van der Waals surface area contributed by atoms with Gasteiger partial charge in [0.25, 0.3) is 5.91 Å². The second kappa shape index (κ2) is 9.33. The average Bonchev–Trinajstić information content (AvgIpc) is 3.59. The van der Waals surface area contributed by atoms with Gasteiger partial charge >= 0.3 is 0 Å². The van der Waals surface area contributed by atoms with E-state index in [0.29, 0.717) is 58.3 Å². The van der Waals surface area contributed by atoms with Gasteiger partial charge < -0.3 is 21.1 Å². The van der Waals surface area contributed by atoms with Crippen molar-refractivity contribution in [2.24, 2.45) is 11.8 Å². The van der Waals surface area contributed by atoms with Crippen molar-refractivity contribution in [2.75, 3.05) is 24.1 Å². The number of hydrogen-bond acceptors (Lipinski definition) is 6. The number of hydrogen-bond donors (Lipinski definition) is 3. The Balaban J connectivity index is 1.31. The molecule has 6 rings (SSSR count). The number of nitrogens with two attached hydrogens (primary N) is 1. The minimum atomic E-state index is -0.223. The second-order valence-electron chi connectivity index (χ2n) is 10.0. The van der Waals surface area contributed by atoms with Crippen LogP contribution in [0.5, 0.6) is 5.88 Å². The SMILES string of the molecule is C=CC(=O)N1CC2CC(n3c(O)c(-c4ccc(C(=O)Nc5ccccc5)cc4)c4c(N)ncnc43)CC2C1. The lowest BCUT2D eigenvalue weighted by Gasteiger charge is -2.20. The zero-order chi connectivity index (χ0) is 26.4. The number of carbonyl (C=O) groups is 2. The van der Waals surface area contributed by atoms with Gasteiger partial charge in [0, 0.05) is 30.4 Å². The van der Waals surface area contributed by atoms with Crippen LogP contribution in [0.4, 0.5) is 11.5 Å². The second-order valence-corrected chi connectivity index (χ2v) is 10.0. The van der Waals surface area contributed by atoms with Gasteiger partial charge in [0.1, 0.15) is 17.8 Å². The van der Waals surface area contributed by atoms with Crippen LogP contribution >= 0.6 is 0 Å². The van der Waals surface area contributed by atoms with Gasteiger partial charge in [-0.25, -0.2) is 9.97 Å². The highest BCUT2D eigenvalue weighted by molar-refractivity contribution is 6.06. The van der Waals surface area contributed by atoms with E-state index in [1.54, 1.807) is 24.3 Å². The molecule has 1 aliphatic carbocycles. The largest absolute Gasteiger partial charge is 0.494 e. The molecular formula is C29H28N6O3. The quantitative estimate of drug-likeness (QED) is 0.346. The third-order valence-corrected chi connectivity index (χ3v) is 7.83. The Morgan fingerprint density at radius 3 is 2.37 bits per heavy atom. The number of amides is 2. The van der Waals surface area contributed by atoms with Gasteiger partial charge in [-0.2, -0.15) is 0 Å². The number of aromatic hydroxyl groups is 1. The van der Waals surface area contributed by atoms with Gasteiger partial charge in [-0.15, -0.1) is 0 Å². The van der Waals surface area contributed by atoms with Crippen molar-refractivity contribution in [1.29, 1.82) is 0 Å². The number of nitrogen functional groups attached to an aromatic ring is 1. The Bertz CT molecular complexity index is 1530. The molecule has 0 spiro atoms. The van der Waals surface area contributed by atoms with E-state index in [1.165, 1.54) is 12.4 Å². The van der Waals surface area contributed by atoms with Crippen LogP contribution in [-0.4, -0.2) is 49.4 Å². The van der Waals surface area contributed by atoms with E-state index in [1.807, 2.05) is 39.8 Å². The fraction of sp³-hybridized carbons (Fsp3) is 0.241. The monoisotopic (exact) mass is 508 g/mol. The van der Waals surface area contributed by atoms with Crippen LogP contribution in [0.15, 0.2) is 73.6 Å². The third-order valence-electron chi connectivity index (χ3n) is 7.83. The smallest absolute Gasteiger partial charge is 0.255 e. The fourth-order valence-corrected chi connectivity index (χ4v) is 6.06. The summed E-state index contributed by atoms with van der Waals surface area (Å²) < 4.78 is 1.87. The average molecular weight is 509 g/mol. The van der Waals surface area contributed by atoms with E-state index in [0.717, 1.165) is 12.8 Å². The maximum absolute atomic E-state index is 12.7. The maximum Gasteiger partial charge on any atom is 0.255 e. The molecule has 2 amide bonds. The molecule has 0 radical (unpaired) electrons. The standard InChI is InChI=1S/C29H28N6O3/c1-2-23(36)34-14-19-12-22(13-20(19)15-34)35-27-25(26(30)31-16-32-27)24(29(35)38)17-8-10-18(11-9-17)28(37)33-21-6-4-3-5-7-21/h2-11,16,19-20,22,38H,1,12-15H2,(H,33,37)(H2,30,31,32). The molecule has 2 aromatic heterocycles. The van der Waals surface area contributed by atoms with E-state index >= 15 is 0 Å². The molecule has 1 saturated carbocycles. The van der Waals surface area contributed by atoms with Crippen LogP contribution in [0.25, 0.3) is 22.2 Å². The molecular weight excluding hydrogens is 480 g/mol. The third kappa shape index (κ3) is 3.96. The van der Waals surface area contributed by atoms with E-state index < -0.39 is 0 Å². The number of para-hydroxylation sites is 1. The van der Waals surface area contributed by atoms with Crippen molar-refractivity contribution in [1.82, 2.24) is 19.4 Å². The van der Waals surface area contributed by atoms with Crippen molar-refractivity contribution >= 4 is 34.4 Å². The summed E-state index contributed by atoms with van der Waals surface area (Å²) in [6, 6.07) is 16.3. The van der Waals surface area contributed by atoms with Gasteiger partial charge in [-0.1, -0.05) is 36.9 Å². The minimum absolute atomic E-state index is 0.0208. The first-order valence-corrected chi connectivity index (χ1v) is 12.7. The van der Waals surface area contributed by atoms with Gasteiger partial charge in [-0.05, 0) is 60.6 Å². The number of benzene rings is 2. The first kappa shape index (κ1) is 23.7. The molecule has 9 nitrogen and oxygen atoms in total. The summed E-state index contributed by atoms with van der Waals surface area (Å²) in [5.74, 6) is 0.813. The molecule has 38 heavy (non-hydrogen) atoms. The Morgan fingerprint density at radius 1 is 1.03 bits per heavy atom. The molecule has 2 aliphatic rings. The summed E-state index contributed by atoms with van der Waals surface area (Å²) in [5.41, 5.74) is 9.36. The van der Waals surface area contributed by atoms with Crippen LogP contribution in [0.3, 0.4) is 0 Å². The first-order valence-electron chi connectivity index (χ1n) is 12.7. The van der Waals surface area contributed by atoms with Gasteiger partial charge in [-0.3, -0.25) is 14.2 Å². The molecule has 4 aromatic rings. The summed E-state index contributed by atoms with van der Waals surface area (Å²) in [6.45, 7) is 5.00. The Kier molecular flexibility index (Phi) is 5.83. The summed E-state index contributed by atoms with van der Waals surface area (Å²) in [5, 5.41) is 15.0. The predicted molar refractivity (Wildman–Crippen MR) is 145 cm³/mol. The van der Waals surface area contributed by atoms with E-state index in [-0.39, 0.29) is 29.6 Å². The first-order chi connectivity index (χ1) is 18.4. The number of nitrogens with one attached hydrogen (secondary N) is 1. The number of nitrogens with zero attached hydrogens (tertiary/aromatic N) is 4. The highest BCUT2D eigenvalue weighted by Crippen LogP contribution is 2.50. The highest BCUT2D eigenvalue weighted by atomic mass is 16.3. The van der Waals surface area contributed by atoms with Crippen molar-refractivity contribution in [2.45, 2.75) is 18.9 Å². The molecule has 2 unspecified atom stereocenters. The molecule has 1 aliphatic heterocycles. The lowest BCUT2D eigenvalue weighted by atomic mass is 10.0. The molecule has 2 aromatic carbocycles. The lowest BCUT2D eigenvalue weighted by Crippen LogP contribution is -2.28. The van der Waals surface area contributed by atoms with Crippen LogP contribution in [0.1, 0.15) is 29.2 Å². The molecule has 3 heterocycles. The number of carbonyl (C=O) groups excluding carboxylic acids is 2. The molecule has 1 saturated heterocycles. The van der Waals surface area contributed by atoms with Crippen LogP contribution in [0, 0.1) is 11.8 Å². The summed E-state index contributed by atoms with van der Waals surface area (Å²) in [7, 11) is 0. The number of anilines is 2. The Labute approximate surface area is 219 Å². The molecule has 4 N–H and O–H groups in total. The zero-order valence-corrected chi connectivity index (χ0v) is 20.7. The summed E-state index contributed by atoms with van der Waals surface area (Å²) in [6.07, 6.45) is 4.43. The number of rotatable bonds is 5. The minimum Gasteiger partial charge on any atom is -0.494 e. The fourth-order valence-electron chi connectivity index (χ4n) is 6.06. The van der Waals surface area contributed by atoms with Crippen LogP contribution in [-0.2, 0) is 4.79 Å². The number of aromatic nitrogens is 3. The highest BCUT2D eigenvalue weighted by Gasteiger charge is 2.44. The molecule has 2 fully saturated rings. The summed E-state index contributed by atoms with van der Waals surface area (Å²) >= 11 is 0. The van der Waals surface area contributed by atoms with E-state index in [9.17, 15) is 14.7 Å². The van der Waals surface area contributed by atoms with Crippen LogP contribution < -0.4 is 11.1 Å². The van der Waals surface area contributed by atoms with E-state index in [4.69, 9.17) is 5.73 Å². The maximum atomic E-state index is 12.7. The number of fused-ring (bicyclic) bond motifs is 2. The zero-order valence-electron chi connectivity index (χ0n) is 20.7. The van der Waals surface area contributed by atoms with Crippen molar-refractivity contribution in [3.8, 4) is 17.0 Å². The van der Waals surface area contributed by atoms with Crippen LogP contribution in [0.2, 0.25) is 0 Å². The molecule has 0 bridgehead atoms. The van der Waals surface area contributed by atoms with Crippen molar-refractivity contribution < 1.29 is 14.7 Å². The predicted octanol–water partition coefficient (Wildman–Crippen LogP) is 4.23. The van der Waals surface area contributed by atoms with Gasteiger partial charge in [0.2, 0.25) is 11.8 Å². The molecule has 192 valence electrons. The van der Waals surface area contributed by atoms with Crippen molar-refractivity contribution in [3.63, 3.8) is 0 Å². The Morgan fingerprint density at radius 2 is 1.71 bits per heavy atom. The van der Waals surface area contributed by atoms with E-state index in [2.05, 4.69) is 21.9 Å². The van der Waals surface area contributed by atoms with Crippen molar-refractivity contribution in [3.05, 3.63) is 79.1 Å².